The molecule has 3 N–H and O–H groups in total. The number of nitrogens with one attached hydrogen (secondary N) is 3. The fraction of sp³-hybridized carbons (Fsp3) is 0.474. The Morgan fingerprint density at radius 3 is 2.50 bits per heavy atom. The lowest BCUT2D eigenvalue weighted by molar-refractivity contribution is 0.580. The van der Waals surface area contributed by atoms with Gasteiger partial charge in [0.05, 0.1) is 17.1 Å². The Labute approximate surface area is 171 Å². The maximum Gasteiger partial charge on any atom is 0.240 e. The molecule has 0 fully saturated rings. The van der Waals surface area contributed by atoms with Crippen molar-refractivity contribution in [3.05, 3.63) is 45.9 Å². The third kappa shape index (κ3) is 6.88. The van der Waals surface area contributed by atoms with Crippen molar-refractivity contribution in [2.75, 3.05) is 19.6 Å². The number of benzene rings is 1. The maximum atomic E-state index is 12.3. The Morgan fingerprint density at radius 2 is 1.89 bits per heavy atom. The summed E-state index contributed by atoms with van der Waals surface area (Å²) < 4.78 is 27.2. The van der Waals surface area contributed by atoms with E-state index in [-0.39, 0.29) is 11.4 Å². The van der Waals surface area contributed by atoms with Crippen LogP contribution >= 0.6 is 11.3 Å². The second-order valence-corrected chi connectivity index (χ2v) is 9.36. The highest BCUT2D eigenvalue weighted by Crippen LogP contribution is 2.18. The molecule has 28 heavy (non-hydrogen) atoms. The van der Waals surface area contributed by atoms with E-state index in [1.807, 2.05) is 13.8 Å². The quantitative estimate of drug-likeness (QED) is 0.327. The number of sulfonamides is 1. The third-order valence-corrected chi connectivity index (χ3v) is 6.25. The van der Waals surface area contributed by atoms with Gasteiger partial charge in [0.25, 0.3) is 0 Å². The minimum Gasteiger partial charge on any atom is -0.357 e. The van der Waals surface area contributed by atoms with Gasteiger partial charge in [-0.3, -0.25) is 0 Å². The third-order valence-electron chi connectivity index (χ3n) is 3.92. The highest BCUT2D eigenvalue weighted by molar-refractivity contribution is 7.89. The first-order chi connectivity index (χ1) is 13.3. The number of rotatable bonds is 9. The van der Waals surface area contributed by atoms with Gasteiger partial charge in [0, 0.05) is 25.0 Å². The van der Waals surface area contributed by atoms with Gasteiger partial charge in [0.15, 0.2) is 5.96 Å². The standard InChI is InChI=1S/C19H29N5O2S2/c1-5-20-19(22-12-18-24-17(13-27-18)14(2)3)21-10-11-23-28(25,26)16-8-6-15(4)7-9-16/h6-9,13-14,23H,5,10-12H2,1-4H3,(H2,20,21,22). The molecule has 0 bridgehead atoms. The van der Waals surface area contributed by atoms with Crippen LogP contribution in [0.5, 0.6) is 0 Å². The molecule has 7 nitrogen and oxygen atoms in total. The minimum absolute atomic E-state index is 0.259. The van der Waals surface area contributed by atoms with E-state index in [9.17, 15) is 8.42 Å². The molecule has 0 unspecified atom stereocenters. The van der Waals surface area contributed by atoms with Crippen molar-refractivity contribution in [1.29, 1.82) is 0 Å². The summed E-state index contributed by atoms with van der Waals surface area (Å²) in [6.45, 7) is 10.0. The molecule has 2 aromatic rings. The second-order valence-electron chi connectivity index (χ2n) is 6.65. The summed E-state index contributed by atoms with van der Waals surface area (Å²) in [5, 5.41) is 9.32. The molecule has 0 atom stereocenters. The number of aryl methyl sites for hydroxylation is 1. The van der Waals surface area contributed by atoms with Gasteiger partial charge in [0.1, 0.15) is 5.01 Å². The van der Waals surface area contributed by atoms with Crippen LogP contribution in [-0.2, 0) is 16.6 Å². The van der Waals surface area contributed by atoms with E-state index in [2.05, 4.69) is 44.6 Å². The fourth-order valence-corrected chi connectivity index (χ4v) is 4.23. The van der Waals surface area contributed by atoms with Gasteiger partial charge in [-0.25, -0.2) is 23.1 Å². The van der Waals surface area contributed by atoms with Crippen LogP contribution in [0.15, 0.2) is 39.5 Å². The van der Waals surface area contributed by atoms with Gasteiger partial charge in [-0.2, -0.15) is 0 Å². The number of hydrogen-bond donors (Lipinski definition) is 3. The Hall–Kier alpha value is -1.97. The van der Waals surface area contributed by atoms with E-state index in [4.69, 9.17) is 0 Å². The largest absolute Gasteiger partial charge is 0.357 e. The number of hydrogen-bond acceptors (Lipinski definition) is 5. The monoisotopic (exact) mass is 423 g/mol. The van der Waals surface area contributed by atoms with Crippen LogP contribution < -0.4 is 15.4 Å². The molecule has 0 aliphatic heterocycles. The lowest BCUT2D eigenvalue weighted by atomic mass is 10.2. The van der Waals surface area contributed by atoms with Crippen molar-refractivity contribution >= 4 is 27.3 Å². The first-order valence-electron chi connectivity index (χ1n) is 9.34. The summed E-state index contributed by atoms with van der Waals surface area (Å²) in [4.78, 5) is 9.36. The molecule has 0 amide bonds. The van der Waals surface area contributed by atoms with Crippen LogP contribution in [0.25, 0.3) is 0 Å². The van der Waals surface area contributed by atoms with E-state index in [0.29, 0.717) is 25.0 Å². The lowest BCUT2D eigenvalue weighted by Crippen LogP contribution is -2.41. The Bertz CT molecular complexity index is 874. The average molecular weight is 424 g/mol. The molecule has 154 valence electrons. The van der Waals surface area contributed by atoms with Gasteiger partial charge in [0.2, 0.25) is 10.0 Å². The van der Waals surface area contributed by atoms with E-state index >= 15 is 0 Å². The molecular formula is C19H29N5O2S2. The highest BCUT2D eigenvalue weighted by atomic mass is 32.2. The normalized spacial score (nSPS) is 12.4. The van der Waals surface area contributed by atoms with Crippen molar-refractivity contribution in [2.45, 2.75) is 45.1 Å². The van der Waals surface area contributed by atoms with Crippen molar-refractivity contribution < 1.29 is 8.42 Å². The van der Waals surface area contributed by atoms with Crippen LogP contribution in [0.4, 0.5) is 0 Å². The van der Waals surface area contributed by atoms with E-state index in [1.165, 1.54) is 0 Å². The van der Waals surface area contributed by atoms with Gasteiger partial charge in [-0.15, -0.1) is 11.3 Å². The Kier molecular flexibility index (Phi) is 8.40. The van der Waals surface area contributed by atoms with Crippen LogP contribution in [0, 0.1) is 6.92 Å². The summed E-state index contributed by atoms with van der Waals surface area (Å²) in [7, 11) is -3.51. The van der Waals surface area contributed by atoms with E-state index < -0.39 is 10.0 Å². The van der Waals surface area contributed by atoms with Crippen molar-refractivity contribution in [3.63, 3.8) is 0 Å². The van der Waals surface area contributed by atoms with Crippen LogP contribution in [0.3, 0.4) is 0 Å². The van der Waals surface area contributed by atoms with Gasteiger partial charge >= 0.3 is 0 Å². The SMILES string of the molecule is CCNC(=NCc1nc(C(C)C)cs1)NCCNS(=O)(=O)c1ccc(C)cc1. The predicted molar refractivity (Wildman–Crippen MR) is 115 cm³/mol. The predicted octanol–water partition coefficient (Wildman–Crippen LogP) is 2.61. The molecule has 1 heterocycles. The zero-order valence-electron chi connectivity index (χ0n) is 16.8. The van der Waals surface area contributed by atoms with Gasteiger partial charge in [-0.05, 0) is 31.9 Å². The topological polar surface area (TPSA) is 95.5 Å². The van der Waals surface area contributed by atoms with Gasteiger partial charge in [-0.1, -0.05) is 31.5 Å². The Balaban J connectivity index is 1.85. The molecule has 1 aromatic heterocycles. The fourth-order valence-electron chi connectivity index (χ4n) is 2.32. The van der Waals surface area contributed by atoms with Crippen LogP contribution in [0.2, 0.25) is 0 Å². The molecule has 0 saturated carbocycles. The summed E-state index contributed by atoms with van der Waals surface area (Å²) >= 11 is 1.60. The van der Waals surface area contributed by atoms with Crippen LogP contribution in [-0.4, -0.2) is 39.0 Å². The summed E-state index contributed by atoms with van der Waals surface area (Å²) in [5.74, 6) is 1.04. The molecule has 0 radical (unpaired) electrons. The molecule has 0 aliphatic rings. The lowest BCUT2D eigenvalue weighted by Gasteiger charge is -2.12. The van der Waals surface area contributed by atoms with E-state index in [1.54, 1.807) is 35.6 Å². The molecule has 0 spiro atoms. The number of aliphatic imine (C=N–C) groups is 1. The number of nitrogens with zero attached hydrogens (tertiary/aromatic N) is 2. The molecule has 0 saturated heterocycles. The summed E-state index contributed by atoms with van der Waals surface area (Å²) in [6.07, 6.45) is 0. The van der Waals surface area contributed by atoms with E-state index in [0.717, 1.165) is 22.8 Å². The summed E-state index contributed by atoms with van der Waals surface area (Å²) in [6, 6.07) is 6.78. The minimum atomic E-state index is -3.51. The van der Waals surface area contributed by atoms with Crippen molar-refractivity contribution in [3.8, 4) is 0 Å². The highest BCUT2D eigenvalue weighted by Gasteiger charge is 2.12. The van der Waals surface area contributed by atoms with Gasteiger partial charge < -0.3 is 10.6 Å². The van der Waals surface area contributed by atoms with Crippen LogP contribution in [0.1, 0.15) is 43.0 Å². The smallest absolute Gasteiger partial charge is 0.240 e. The number of aromatic nitrogens is 1. The van der Waals surface area contributed by atoms with Crippen molar-refractivity contribution in [1.82, 2.24) is 20.3 Å². The average Bonchev–Trinajstić information content (AvgIpc) is 3.13. The molecule has 2 rings (SSSR count). The number of guanidine groups is 1. The zero-order valence-corrected chi connectivity index (χ0v) is 18.5. The molecule has 1 aromatic carbocycles. The maximum absolute atomic E-state index is 12.3. The molecular weight excluding hydrogens is 394 g/mol. The van der Waals surface area contributed by atoms with Crippen molar-refractivity contribution in [2.24, 2.45) is 4.99 Å². The number of thiazole rings is 1. The first-order valence-corrected chi connectivity index (χ1v) is 11.7. The summed E-state index contributed by atoms with van der Waals surface area (Å²) in [5.41, 5.74) is 2.10. The molecule has 0 aliphatic carbocycles. The molecule has 9 heteroatoms. The second kappa shape index (κ2) is 10.5. The first kappa shape index (κ1) is 22.3. The Morgan fingerprint density at radius 1 is 1.18 bits per heavy atom. The zero-order chi connectivity index (χ0) is 20.6.